The fourth-order valence-corrected chi connectivity index (χ4v) is 4.11. The number of rotatable bonds is 9. The Morgan fingerprint density at radius 1 is 0.943 bits per heavy atom. The Morgan fingerprint density at radius 3 is 2.54 bits per heavy atom. The van der Waals surface area contributed by atoms with Gasteiger partial charge in [-0.1, -0.05) is 54.6 Å². The number of hydrogen-bond acceptors (Lipinski definition) is 6. The van der Waals surface area contributed by atoms with Crippen molar-refractivity contribution in [3.05, 3.63) is 90.1 Å². The molecular formula is C28H26N4O3. The summed E-state index contributed by atoms with van der Waals surface area (Å²) in [7, 11) is 1.64. The Hall–Kier alpha value is -4.23. The van der Waals surface area contributed by atoms with Crippen molar-refractivity contribution in [2.75, 3.05) is 25.6 Å². The van der Waals surface area contributed by atoms with Crippen molar-refractivity contribution in [1.29, 1.82) is 0 Å². The zero-order chi connectivity index (χ0) is 24.2. The van der Waals surface area contributed by atoms with Crippen molar-refractivity contribution in [2.45, 2.75) is 13.5 Å². The molecule has 0 radical (unpaired) electrons. The molecule has 0 atom stereocenters. The van der Waals surface area contributed by atoms with Gasteiger partial charge in [0.05, 0.1) is 17.8 Å². The maximum atomic E-state index is 12.6. The van der Waals surface area contributed by atoms with Crippen molar-refractivity contribution >= 4 is 33.4 Å². The van der Waals surface area contributed by atoms with Crippen LogP contribution < -0.4 is 10.1 Å². The number of ether oxygens (including phenoxy) is 2. The van der Waals surface area contributed by atoms with Crippen LogP contribution in [0.5, 0.6) is 5.75 Å². The molecule has 0 aliphatic heterocycles. The van der Waals surface area contributed by atoms with E-state index in [1.54, 1.807) is 14.0 Å². The van der Waals surface area contributed by atoms with Gasteiger partial charge in [0.15, 0.2) is 5.78 Å². The predicted molar refractivity (Wildman–Crippen MR) is 138 cm³/mol. The zero-order valence-electron chi connectivity index (χ0n) is 19.7. The van der Waals surface area contributed by atoms with E-state index in [1.165, 1.54) is 0 Å². The van der Waals surface area contributed by atoms with Gasteiger partial charge in [-0.25, -0.2) is 4.98 Å². The summed E-state index contributed by atoms with van der Waals surface area (Å²) in [5.74, 6) is 1.64. The highest BCUT2D eigenvalue weighted by molar-refractivity contribution is 6.00. The van der Waals surface area contributed by atoms with Crippen LogP contribution in [0.3, 0.4) is 0 Å². The van der Waals surface area contributed by atoms with E-state index in [-0.39, 0.29) is 5.78 Å². The molecule has 2 aromatic heterocycles. The van der Waals surface area contributed by atoms with Gasteiger partial charge >= 0.3 is 0 Å². The second-order valence-corrected chi connectivity index (χ2v) is 8.18. The first-order valence-electron chi connectivity index (χ1n) is 11.5. The summed E-state index contributed by atoms with van der Waals surface area (Å²) in [4.78, 5) is 22.4. The number of carbonyl (C=O) groups excluding carboxylic acids is 1. The summed E-state index contributed by atoms with van der Waals surface area (Å²) in [6.45, 7) is 3.00. The number of nitrogens with one attached hydrogen (secondary N) is 1. The van der Waals surface area contributed by atoms with Gasteiger partial charge in [0.2, 0.25) is 5.95 Å². The molecule has 0 amide bonds. The fraction of sp³-hybridized carbons (Fsp3) is 0.179. The van der Waals surface area contributed by atoms with Gasteiger partial charge in [0.25, 0.3) is 0 Å². The highest BCUT2D eigenvalue weighted by Crippen LogP contribution is 2.31. The largest absolute Gasteiger partial charge is 0.489 e. The van der Waals surface area contributed by atoms with Gasteiger partial charge in [-0.15, -0.1) is 0 Å². The van der Waals surface area contributed by atoms with E-state index in [0.717, 1.165) is 21.9 Å². The van der Waals surface area contributed by atoms with Gasteiger partial charge in [-0.05, 0) is 29.8 Å². The molecule has 0 unspecified atom stereocenters. The molecule has 0 saturated carbocycles. The van der Waals surface area contributed by atoms with Crippen LogP contribution >= 0.6 is 0 Å². The summed E-state index contributed by atoms with van der Waals surface area (Å²) in [5, 5.41) is 5.25. The van der Waals surface area contributed by atoms with Crippen LogP contribution in [-0.4, -0.2) is 40.6 Å². The lowest BCUT2D eigenvalue weighted by molar-refractivity contribution is 0.101. The number of Topliss-reactive ketones (excluding diaryl/α,β-unsaturated/α-hetero) is 1. The average Bonchev–Trinajstić information content (AvgIpc) is 3.28. The molecule has 0 aliphatic rings. The summed E-state index contributed by atoms with van der Waals surface area (Å²) < 4.78 is 13.0. The third-order valence-corrected chi connectivity index (χ3v) is 5.80. The third kappa shape index (κ3) is 4.58. The first-order valence-corrected chi connectivity index (χ1v) is 11.5. The summed E-state index contributed by atoms with van der Waals surface area (Å²) >= 11 is 0. The van der Waals surface area contributed by atoms with E-state index in [0.29, 0.717) is 48.5 Å². The quantitative estimate of drug-likeness (QED) is 0.231. The lowest BCUT2D eigenvalue weighted by atomic mass is 10.2. The normalized spacial score (nSPS) is 11.1. The van der Waals surface area contributed by atoms with Gasteiger partial charge < -0.3 is 14.8 Å². The van der Waals surface area contributed by atoms with E-state index in [1.807, 2.05) is 71.3 Å². The van der Waals surface area contributed by atoms with Crippen molar-refractivity contribution in [1.82, 2.24) is 14.5 Å². The molecule has 0 spiro atoms. The highest BCUT2D eigenvalue weighted by Gasteiger charge is 2.19. The van der Waals surface area contributed by atoms with Gasteiger partial charge in [0.1, 0.15) is 23.7 Å². The van der Waals surface area contributed by atoms with Crippen LogP contribution in [0.4, 0.5) is 5.82 Å². The number of para-hydroxylation sites is 2. The van der Waals surface area contributed by atoms with Crippen molar-refractivity contribution < 1.29 is 14.3 Å². The molecule has 35 heavy (non-hydrogen) atoms. The van der Waals surface area contributed by atoms with Crippen LogP contribution in [0, 0.1) is 0 Å². The molecule has 0 fully saturated rings. The minimum absolute atomic E-state index is 0.0617. The second kappa shape index (κ2) is 9.95. The molecule has 0 aliphatic carbocycles. The minimum atomic E-state index is -0.0617. The first-order chi connectivity index (χ1) is 17.2. The summed E-state index contributed by atoms with van der Waals surface area (Å²) in [5.41, 5.74) is 3.18. The lowest BCUT2D eigenvalue weighted by Gasteiger charge is -2.15. The van der Waals surface area contributed by atoms with E-state index in [4.69, 9.17) is 19.4 Å². The molecule has 1 N–H and O–H groups in total. The molecule has 3 aromatic carbocycles. The maximum absolute atomic E-state index is 12.6. The van der Waals surface area contributed by atoms with Gasteiger partial charge in [0, 0.05) is 31.4 Å². The van der Waals surface area contributed by atoms with Crippen LogP contribution in [0.25, 0.3) is 27.8 Å². The molecule has 0 bridgehead atoms. The van der Waals surface area contributed by atoms with Crippen LogP contribution in [0.2, 0.25) is 0 Å². The van der Waals surface area contributed by atoms with Crippen LogP contribution in [0.1, 0.15) is 23.0 Å². The SMILES string of the molecule is COCCOc1cccc2c(NCc3ccccc3)nc(-n3c(C(C)=O)cc4ccccc43)nc12. The molecule has 0 saturated heterocycles. The lowest BCUT2D eigenvalue weighted by Crippen LogP contribution is -2.12. The van der Waals surface area contributed by atoms with Crippen molar-refractivity contribution in [3.63, 3.8) is 0 Å². The summed E-state index contributed by atoms with van der Waals surface area (Å²) in [6.07, 6.45) is 0. The molecule has 176 valence electrons. The molecule has 5 aromatic rings. The second-order valence-electron chi connectivity index (χ2n) is 8.18. The monoisotopic (exact) mass is 466 g/mol. The van der Waals surface area contributed by atoms with E-state index >= 15 is 0 Å². The van der Waals surface area contributed by atoms with Crippen molar-refractivity contribution in [3.8, 4) is 11.7 Å². The Balaban J connectivity index is 1.69. The third-order valence-electron chi connectivity index (χ3n) is 5.80. The molecule has 5 rings (SSSR count). The Labute approximate surface area is 203 Å². The van der Waals surface area contributed by atoms with Crippen molar-refractivity contribution in [2.24, 2.45) is 0 Å². The Bertz CT molecular complexity index is 1490. The number of fused-ring (bicyclic) bond motifs is 2. The topological polar surface area (TPSA) is 78.3 Å². The number of benzene rings is 3. The van der Waals surface area contributed by atoms with E-state index < -0.39 is 0 Å². The predicted octanol–water partition coefficient (Wildman–Crippen LogP) is 5.41. The van der Waals surface area contributed by atoms with Gasteiger partial charge in [-0.2, -0.15) is 4.98 Å². The number of nitrogens with zero attached hydrogens (tertiary/aromatic N) is 3. The number of anilines is 1. The zero-order valence-corrected chi connectivity index (χ0v) is 19.7. The minimum Gasteiger partial charge on any atom is -0.489 e. The van der Waals surface area contributed by atoms with E-state index in [9.17, 15) is 4.79 Å². The maximum Gasteiger partial charge on any atom is 0.237 e. The van der Waals surface area contributed by atoms with E-state index in [2.05, 4.69) is 17.4 Å². The fourth-order valence-electron chi connectivity index (χ4n) is 4.11. The number of methoxy groups -OCH3 is 1. The molecular weight excluding hydrogens is 440 g/mol. The Kier molecular flexibility index (Phi) is 6.41. The van der Waals surface area contributed by atoms with Crippen LogP contribution in [0.15, 0.2) is 78.9 Å². The molecule has 7 heteroatoms. The number of carbonyl (C=O) groups is 1. The standard InChI is InChI=1S/C28H26N4O3/c1-19(33)24-17-21-11-6-7-13-23(21)32(24)28-30-26-22(12-8-14-25(26)35-16-15-34-2)27(31-28)29-18-20-9-4-3-5-10-20/h3-14,17H,15-16,18H2,1-2H3,(H,29,30,31). The smallest absolute Gasteiger partial charge is 0.237 e. The number of ketones is 1. The summed E-state index contributed by atoms with van der Waals surface area (Å²) in [6, 6.07) is 25.6. The molecule has 7 nitrogen and oxygen atoms in total. The first kappa shape index (κ1) is 22.6. The van der Waals surface area contributed by atoms with Gasteiger partial charge in [-0.3, -0.25) is 9.36 Å². The number of hydrogen-bond donors (Lipinski definition) is 1. The molecule has 2 heterocycles. The number of aromatic nitrogens is 3. The Morgan fingerprint density at radius 2 is 1.74 bits per heavy atom. The highest BCUT2D eigenvalue weighted by atomic mass is 16.5. The van der Waals surface area contributed by atoms with Crippen LogP contribution in [-0.2, 0) is 11.3 Å². The average molecular weight is 467 g/mol.